The minimum Gasteiger partial charge on any atom is -0.310 e. The van der Waals surface area contributed by atoms with E-state index in [4.69, 9.17) is 0 Å². The van der Waals surface area contributed by atoms with E-state index in [1.807, 2.05) is 13.8 Å². The van der Waals surface area contributed by atoms with E-state index in [9.17, 15) is 0 Å². The van der Waals surface area contributed by atoms with Crippen LogP contribution in [-0.2, 0) is 11.8 Å². The Labute approximate surface area is 401 Å². The zero-order valence-corrected chi connectivity index (χ0v) is 39.4. The second-order valence-electron chi connectivity index (χ2n) is 17.4. The summed E-state index contributed by atoms with van der Waals surface area (Å²) in [6, 6.07) is 75.4. The normalized spacial score (nSPS) is 14.8. The molecule has 2 nitrogen and oxygen atoms in total. The molecular formula is C64H52N2S. The molecule has 0 saturated carbocycles. The van der Waals surface area contributed by atoms with Gasteiger partial charge in [-0.2, -0.15) is 13.5 Å². The molecule has 3 aliphatic rings. The fourth-order valence-corrected chi connectivity index (χ4v) is 11.7. The van der Waals surface area contributed by atoms with E-state index in [2.05, 4.69) is 242 Å². The second kappa shape index (κ2) is 16.7. The number of anilines is 3. The minimum atomic E-state index is -0.540. The zero-order valence-electron chi connectivity index (χ0n) is 38.4. The molecule has 2 aliphatic carbocycles. The van der Waals surface area contributed by atoms with Gasteiger partial charge in [-0.05, 0) is 141 Å². The van der Waals surface area contributed by atoms with Gasteiger partial charge in [0.05, 0.1) is 27.8 Å². The van der Waals surface area contributed by atoms with E-state index in [0.717, 1.165) is 23.5 Å². The summed E-state index contributed by atoms with van der Waals surface area (Å²) in [6.45, 7) is 8.19. The molecule has 9 aromatic carbocycles. The number of aromatic nitrogens is 1. The van der Waals surface area contributed by atoms with Gasteiger partial charge in [0, 0.05) is 27.7 Å². The third-order valence-electron chi connectivity index (χ3n) is 14.3. The fourth-order valence-electron chi connectivity index (χ4n) is 11.7. The minimum absolute atomic E-state index is 0. The number of rotatable bonds is 6. The van der Waals surface area contributed by atoms with Gasteiger partial charge in [0.15, 0.2) is 0 Å². The number of benzene rings is 9. The average molecular weight is 881 g/mol. The Bertz CT molecular complexity index is 3610. The van der Waals surface area contributed by atoms with Crippen LogP contribution < -0.4 is 4.90 Å². The predicted octanol–water partition coefficient (Wildman–Crippen LogP) is 17.3. The van der Waals surface area contributed by atoms with Crippen LogP contribution in [0.15, 0.2) is 218 Å². The summed E-state index contributed by atoms with van der Waals surface area (Å²) < 4.78 is 2.52. The first kappa shape index (κ1) is 42.1. The summed E-state index contributed by atoms with van der Waals surface area (Å²) in [4.78, 5) is 2.48. The van der Waals surface area contributed by atoms with Gasteiger partial charge in [-0.1, -0.05) is 184 Å². The molecule has 1 atom stereocenters. The molecule has 1 spiro atoms. The Morgan fingerprint density at radius 1 is 0.522 bits per heavy atom. The van der Waals surface area contributed by atoms with Crippen LogP contribution >= 0.6 is 13.5 Å². The molecule has 67 heavy (non-hydrogen) atoms. The van der Waals surface area contributed by atoms with Gasteiger partial charge in [-0.25, -0.2) is 0 Å². The van der Waals surface area contributed by atoms with Gasteiger partial charge < -0.3 is 9.47 Å². The third-order valence-corrected chi connectivity index (χ3v) is 14.3. The highest BCUT2D eigenvalue weighted by atomic mass is 32.1. The van der Waals surface area contributed by atoms with Crippen molar-refractivity contribution in [3.05, 3.63) is 257 Å². The van der Waals surface area contributed by atoms with Crippen LogP contribution in [0.1, 0.15) is 66.6 Å². The van der Waals surface area contributed by atoms with Gasteiger partial charge in [-0.15, -0.1) is 0 Å². The Kier molecular flexibility index (Phi) is 10.5. The van der Waals surface area contributed by atoms with Gasteiger partial charge in [0.2, 0.25) is 0 Å². The van der Waals surface area contributed by atoms with Crippen LogP contribution in [0, 0.1) is 0 Å². The predicted molar refractivity (Wildman–Crippen MR) is 290 cm³/mol. The highest BCUT2D eigenvalue weighted by molar-refractivity contribution is 7.59. The molecule has 0 amide bonds. The number of fused-ring (bicyclic) bond motifs is 15. The van der Waals surface area contributed by atoms with Crippen LogP contribution in [0.5, 0.6) is 0 Å². The van der Waals surface area contributed by atoms with Crippen molar-refractivity contribution >= 4 is 57.9 Å². The Morgan fingerprint density at radius 2 is 1.13 bits per heavy atom. The molecule has 0 radical (unpaired) electrons. The zero-order chi connectivity index (χ0) is 44.5. The SMILES string of the molecule is C/C=C\C(=C/C)c1ccc(N(c2ccc(-c3ccc4c(c3)-c3ccccc3C4)cc2)c2cccc3c2-c2ccccc2C32c3ccccc3-n3c4ccccc4c4cccc2c43)cc1.CC.S. The van der Waals surface area contributed by atoms with Gasteiger partial charge in [0.25, 0.3) is 0 Å². The second-order valence-corrected chi connectivity index (χ2v) is 17.4. The van der Waals surface area contributed by atoms with Gasteiger partial charge in [-0.3, -0.25) is 0 Å². The number of hydrogen-bond acceptors (Lipinski definition) is 1. The molecule has 0 bridgehead atoms. The van der Waals surface area contributed by atoms with Crippen molar-refractivity contribution in [1.82, 2.24) is 4.57 Å². The first-order valence-corrected chi connectivity index (χ1v) is 23.5. The van der Waals surface area contributed by atoms with Crippen LogP contribution in [0.25, 0.3) is 66.4 Å². The topological polar surface area (TPSA) is 8.17 Å². The molecule has 0 saturated heterocycles. The maximum atomic E-state index is 2.52. The smallest absolute Gasteiger partial charge is 0.0755 e. The lowest BCUT2D eigenvalue weighted by molar-refractivity contribution is 0.748. The third kappa shape index (κ3) is 6.11. The molecule has 3 heteroatoms. The van der Waals surface area contributed by atoms with Crippen LogP contribution in [0.3, 0.4) is 0 Å². The first-order valence-electron chi connectivity index (χ1n) is 23.5. The average Bonchev–Trinajstić information content (AvgIpc) is 4.03. The molecular weight excluding hydrogens is 829 g/mol. The summed E-state index contributed by atoms with van der Waals surface area (Å²) in [5.41, 5.74) is 24.8. The van der Waals surface area contributed by atoms with E-state index < -0.39 is 5.41 Å². The lowest BCUT2D eigenvalue weighted by Gasteiger charge is -2.39. The Balaban J connectivity index is 0.00000163. The highest BCUT2D eigenvalue weighted by Crippen LogP contribution is 2.63. The standard InChI is InChI=1S/C62H44N2.C2H6.H2S/c1-3-15-40(4-2)41-30-34-46(35-31-41)63(47-36-32-42(33-37-47)43-28-29-45-38-44-16-5-6-17-48(44)52(45)39-43)59-27-14-23-55-60(59)51-19-7-9-21-53(51)62(55)54-22-10-12-26-58(54)64-57-25-11-8-18-49(57)50-20-13-24-56(62)61(50)64;1-2;/h3-37,39H,38H2,1-2H3;1-2H3;1H2/b15-3-,40-4+;;. The number of para-hydroxylation sites is 3. The summed E-state index contributed by atoms with van der Waals surface area (Å²) in [5.74, 6) is 0. The molecule has 10 aromatic rings. The monoisotopic (exact) mass is 880 g/mol. The summed E-state index contributed by atoms with van der Waals surface area (Å²) >= 11 is 0. The number of nitrogens with zero attached hydrogens (tertiary/aromatic N) is 2. The van der Waals surface area contributed by atoms with Crippen LogP contribution in [-0.4, -0.2) is 4.57 Å². The number of allylic oxidation sites excluding steroid dienone is 4. The van der Waals surface area contributed by atoms with E-state index in [1.54, 1.807) is 0 Å². The van der Waals surface area contributed by atoms with Crippen molar-refractivity contribution < 1.29 is 0 Å². The van der Waals surface area contributed by atoms with Crippen molar-refractivity contribution in [1.29, 1.82) is 0 Å². The largest absolute Gasteiger partial charge is 0.310 e. The van der Waals surface area contributed by atoms with Crippen molar-refractivity contribution in [2.45, 2.75) is 39.5 Å². The van der Waals surface area contributed by atoms with E-state index >= 15 is 0 Å². The van der Waals surface area contributed by atoms with Crippen molar-refractivity contribution in [2.24, 2.45) is 0 Å². The Morgan fingerprint density at radius 3 is 1.93 bits per heavy atom. The maximum absolute atomic E-state index is 2.52. The summed E-state index contributed by atoms with van der Waals surface area (Å²) in [7, 11) is 0. The summed E-state index contributed by atoms with van der Waals surface area (Å²) in [5, 5.41) is 2.57. The van der Waals surface area contributed by atoms with Crippen molar-refractivity contribution in [3.8, 4) is 39.1 Å². The van der Waals surface area contributed by atoms with Crippen LogP contribution in [0.2, 0.25) is 0 Å². The van der Waals surface area contributed by atoms with E-state index in [0.29, 0.717) is 0 Å². The molecule has 0 fully saturated rings. The fraction of sp³-hybridized carbons (Fsp3) is 0.0938. The van der Waals surface area contributed by atoms with Gasteiger partial charge in [0.1, 0.15) is 0 Å². The molecule has 1 aromatic heterocycles. The quantitative estimate of drug-likeness (QED) is 0.151. The molecule has 1 aliphatic heterocycles. The van der Waals surface area contributed by atoms with Crippen molar-refractivity contribution in [3.63, 3.8) is 0 Å². The van der Waals surface area contributed by atoms with Gasteiger partial charge >= 0.3 is 0 Å². The molecule has 2 heterocycles. The Hall–Kier alpha value is -7.59. The van der Waals surface area contributed by atoms with E-state index in [1.165, 1.54) is 105 Å². The molecule has 0 N–H and O–H groups in total. The maximum Gasteiger partial charge on any atom is 0.0755 e. The molecule has 13 rings (SSSR count). The molecule has 1 unspecified atom stereocenters. The lowest BCUT2D eigenvalue weighted by atomic mass is 9.65. The molecule has 324 valence electrons. The highest BCUT2D eigenvalue weighted by Gasteiger charge is 2.51. The van der Waals surface area contributed by atoms with Crippen molar-refractivity contribution in [2.75, 3.05) is 4.90 Å². The van der Waals surface area contributed by atoms with Crippen LogP contribution in [0.4, 0.5) is 17.1 Å². The first-order chi connectivity index (χ1) is 32.7. The number of hydrogen-bond donors (Lipinski definition) is 0. The van der Waals surface area contributed by atoms with E-state index in [-0.39, 0.29) is 13.5 Å². The summed E-state index contributed by atoms with van der Waals surface area (Å²) in [6.07, 6.45) is 7.48. The lowest BCUT2D eigenvalue weighted by Crippen LogP contribution is -2.33.